The molecule has 0 bridgehead atoms. The van der Waals surface area contributed by atoms with Gasteiger partial charge >= 0.3 is 5.97 Å². The van der Waals surface area contributed by atoms with E-state index in [4.69, 9.17) is 16.3 Å². The number of methoxy groups -OCH3 is 1. The van der Waals surface area contributed by atoms with Crippen molar-refractivity contribution in [1.29, 1.82) is 0 Å². The van der Waals surface area contributed by atoms with Crippen LogP contribution in [0.15, 0.2) is 35.5 Å². The number of fused-ring (bicyclic) bond motifs is 1. The smallest absolute Gasteiger partial charge is 0.338 e. The van der Waals surface area contributed by atoms with Crippen molar-refractivity contribution in [1.82, 2.24) is 14.8 Å². The van der Waals surface area contributed by atoms with Crippen LogP contribution in [-0.4, -0.2) is 27.8 Å². The highest BCUT2D eigenvalue weighted by Gasteiger charge is 2.34. The SMILES string of the molecule is COC(=O)C1=C(C)Nc2nc(C)nn2[C@@H]1c1ccc(Cl)cc1. The van der Waals surface area contributed by atoms with Gasteiger partial charge in [0.25, 0.3) is 0 Å². The van der Waals surface area contributed by atoms with E-state index in [2.05, 4.69) is 15.4 Å². The molecule has 0 saturated heterocycles. The lowest BCUT2D eigenvalue weighted by atomic mass is 9.96. The van der Waals surface area contributed by atoms with Crippen LogP contribution in [0, 0.1) is 6.92 Å². The molecule has 1 aromatic heterocycles. The van der Waals surface area contributed by atoms with Gasteiger partial charge in [-0.25, -0.2) is 9.48 Å². The Morgan fingerprint density at radius 2 is 2.00 bits per heavy atom. The molecule has 1 atom stereocenters. The molecule has 1 aliphatic rings. The van der Waals surface area contributed by atoms with Crippen LogP contribution in [0.2, 0.25) is 5.02 Å². The Hall–Kier alpha value is -2.34. The number of aryl methyl sites for hydroxylation is 1. The minimum atomic E-state index is -0.401. The summed E-state index contributed by atoms with van der Waals surface area (Å²) in [4.78, 5) is 16.6. The van der Waals surface area contributed by atoms with Gasteiger partial charge in [-0.2, -0.15) is 10.1 Å². The molecule has 6 nitrogen and oxygen atoms in total. The van der Waals surface area contributed by atoms with Crippen LogP contribution in [0.5, 0.6) is 0 Å². The molecule has 2 heterocycles. The first kappa shape index (κ1) is 14.6. The number of hydrogen-bond acceptors (Lipinski definition) is 5. The fraction of sp³-hybridized carbons (Fsp3) is 0.267. The highest BCUT2D eigenvalue weighted by Crippen LogP contribution is 2.35. The van der Waals surface area contributed by atoms with Gasteiger partial charge in [0, 0.05) is 10.7 Å². The van der Waals surface area contributed by atoms with Crippen LogP contribution in [0.1, 0.15) is 24.4 Å². The molecule has 2 aromatic rings. The molecule has 0 unspecified atom stereocenters. The summed E-state index contributed by atoms with van der Waals surface area (Å²) in [5.74, 6) is 0.826. The van der Waals surface area contributed by atoms with Crippen LogP contribution in [0.25, 0.3) is 0 Å². The predicted octanol–water partition coefficient (Wildman–Crippen LogP) is 2.70. The first-order valence-corrected chi connectivity index (χ1v) is 7.13. The van der Waals surface area contributed by atoms with Crippen molar-refractivity contribution >= 4 is 23.5 Å². The van der Waals surface area contributed by atoms with Gasteiger partial charge in [-0.1, -0.05) is 23.7 Å². The highest BCUT2D eigenvalue weighted by atomic mass is 35.5. The maximum atomic E-state index is 12.2. The van der Waals surface area contributed by atoms with Crippen molar-refractivity contribution in [2.45, 2.75) is 19.9 Å². The Kier molecular flexibility index (Phi) is 3.62. The summed E-state index contributed by atoms with van der Waals surface area (Å²) in [5.41, 5.74) is 2.09. The molecule has 0 amide bonds. The number of nitrogens with one attached hydrogen (secondary N) is 1. The van der Waals surface area contributed by atoms with Crippen molar-refractivity contribution in [3.8, 4) is 0 Å². The lowest BCUT2D eigenvalue weighted by Crippen LogP contribution is -2.29. The third-order valence-electron chi connectivity index (χ3n) is 3.55. The molecular weight excluding hydrogens is 304 g/mol. The molecule has 1 aromatic carbocycles. The van der Waals surface area contributed by atoms with E-state index in [0.717, 1.165) is 5.56 Å². The largest absolute Gasteiger partial charge is 0.466 e. The summed E-state index contributed by atoms with van der Waals surface area (Å²) >= 11 is 5.96. The molecule has 1 aliphatic heterocycles. The molecule has 0 fully saturated rings. The summed E-state index contributed by atoms with van der Waals surface area (Å²) < 4.78 is 6.63. The van der Waals surface area contributed by atoms with Crippen LogP contribution in [-0.2, 0) is 9.53 Å². The van der Waals surface area contributed by atoms with Crippen molar-refractivity contribution in [3.63, 3.8) is 0 Å². The monoisotopic (exact) mass is 318 g/mol. The quantitative estimate of drug-likeness (QED) is 0.862. The molecule has 1 N–H and O–H groups in total. The van der Waals surface area contributed by atoms with Gasteiger partial charge in [0.05, 0.1) is 12.7 Å². The molecule has 3 rings (SSSR count). The lowest BCUT2D eigenvalue weighted by molar-refractivity contribution is -0.136. The maximum absolute atomic E-state index is 12.2. The minimum Gasteiger partial charge on any atom is -0.466 e. The summed E-state index contributed by atoms with van der Waals surface area (Å²) in [5, 5.41) is 8.13. The normalized spacial score (nSPS) is 17.0. The number of aromatic nitrogens is 3. The third kappa shape index (κ3) is 2.35. The van der Waals surface area contributed by atoms with E-state index in [1.165, 1.54) is 7.11 Å². The van der Waals surface area contributed by atoms with Crippen LogP contribution >= 0.6 is 11.6 Å². The second-order valence-electron chi connectivity index (χ2n) is 5.04. The zero-order valence-electron chi connectivity index (χ0n) is 12.4. The number of benzene rings is 1. The number of halogens is 1. The number of ether oxygens (including phenoxy) is 1. The van der Waals surface area contributed by atoms with Gasteiger partial charge in [-0.3, -0.25) is 0 Å². The molecule has 0 saturated carbocycles. The number of rotatable bonds is 2. The highest BCUT2D eigenvalue weighted by molar-refractivity contribution is 6.30. The van der Waals surface area contributed by atoms with Gasteiger partial charge < -0.3 is 10.1 Å². The molecular formula is C15H15ClN4O2. The number of hydrogen-bond donors (Lipinski definition) is 1. The Labute approximate surface area is 132 Å². The van der Waals surface area contributed by atoms with Gasteiger partial charge in [-0.15, -0.1) is 0 Å². The fourth-order valence-corrected chi connectivity index (χ4v) is 2.71. The number of esters is 1. The third-order valence-corrected chi connectivity index (χ3v) is 3.80. The van der Waals surface area contributed by atoms with E-state index in [1.807, 2.05) is 19.1 Å². The van der Waals surface area contributed by atoms with Crippen LogP contribution in [0.3, 0.4) is 0 Å². The summed E-state index contributed by atoms with van der Waals surface area (Å²) in [6.45, 7) is 3.63. The van der Waals surface area contributed by atoms with Gasteiger partial charge in [0.15, 0.2) is 0 Å². The standard InChI is InChI=1S/C15H15ClN4O2/c1-8-12(14(21)22-3)13(10-4-6-11(16)7-5-10)20-15(17-8)18-9(2)19-20/h4-7,13H,1-3H3,(H,17,18,19)/t13-/m1/s1. The Morgan fingerprint density at radius 1 is 1.32 bits per heavy atom. The van der Waals surface area contributed by atoms with Gasteiger partial charge in [0.1, 0.15) is 11.9 Å². The first-order valence-electron chi connectivity index (χ1n) is 6.76. The Balaban J connectivity index is 2.19. The molecule has 7 heteroatoms. The minimum absolute atomic E-state index is 0.399. The van der Waals surface area contributed by atoms with Crippen molar-refractivity contribution in [2.75, 3.05) is 12.4 Å². The average molecular weight is 319 g/mol. The molecule has 0 radical (unpaired) electrons. The molecule has 0 spiro atoms. The Morgan fingerprint density at radius 3 is 2.64 bits per heavy atom. The summed E-state index contributed by atoms with van der Waals surface area (Å²) in [6.07, 6.45) is 0. The van der Waals surface area contributed by atoms with Crippen LogP contribution < -0.4 is 5.32 Å². The van der Waals surface area contributed by atoms with Crippen LogP contribution in [0.4, 0.5) is 5.95 Å². The lowest BCUT2D eigenvalue weighted by Gasteiger charge is -2.27. The Bertz CT molecular complexity index is 764. The second-order valence-corrected chi connectivity index (χ2v) is 5.47. The van der Waals surface area contributed by atoms with E-state index in [0.29, 0.717) is 28.1 Å². The van der Waals surface area contributed by atoms with E-state index in [-0.39, 0.29) is 0 Å². The van der Waals surface area contributed by atoms with E-state index in [9.17, 15) is 4.79 Å². The number of nitrogens with zero attached hydrogens (tertiary/aromatic N) is 3. The number of carbonyl (C=O) groups excluding carboxylic acids is 1. The predicted molar refractivity (Wildman–Crippen MR) is 82.7 cm³/mol. The van der Waals surface area contributed by atoms with Gasteiger partial charge in [0.2, 0.25) is 5.95 Å². The van der Waals surface area contributed by atoms with Crippen molar-refractivity contribution in [3.05, 3.63) is 51.9 Å². The first-order chi connectivity index (χ1) is 10.5. The number of allylic oxidation sites excluding steroid dienone is 1. The number of carbonyl (C=O) groups is 1. The van der Waals surface area contributed by atoms with Crippen molar-refractivity contribution < 1.29 is 9.53 Å². The molecule has 0 aliphatic carbocycles. The second kappa shape index (κ2) is 5.46. The average Bonchev–Trinajstić information content (AvgIpc) is 2.86. The molecule has 114 valence electrons. The van der Waals surface area contributed by atoms with E-state index >= 15 is 0 Å². The topological polar surface area (TPSA) is 69.0 Å². The zero-order chi connectivity index (χ0) is 15.9. The van der Waals surface area contributed by atoms with Gasteiger partial charge in [-0.05, 0) is 31.5 Å². The summed E-state index contributed by atoms with van der Waals surface area (Å²) in [6, 6.07) is 6.91. The molecule has 22 heavy (non-hydrogen) atoms. The zero-order valence-corrected chi connectivity index (χ0v) is 13.2. The fourth-order valence-electron chi connectivity index (χ4n) is 2.59. The van der Waals surface area contributed by atoms with E-state index in [1.54, 1.807) is 23.7 Å². The maximum Gasteiger partial charge on any atom is 0.338 e. The summed E-state index contributed by atoms with van der Waals surface area (Å²) in [7, 11) is 1.36. The van der Waals surface area contributed by atoms with E-state index < -0.39 is 12.0 Å². The number of anilines is 1. The van der Waals surface area contributed by atoms with Crippen molar-refractivity contribution in [2.24, 2.45) is 0 Å².